The zero-order valence-corrected chi connectivity index (χ0v) is 14.7. The van der Waals surface area contributed by atoms with Gasteiger partial charge >= 0.3 is 0 Å². The highest BCUT2D eigenvalue weighted by Gasteiger charge is 2.16. The van der Waals surface area contributed by atoms with Crippen molar-refractivity contribution in [1.29, 1.82) is 10.5 Å². The van der Waals surface area contributed by atoms with Crippen molar-refractivity contribution in [2.75, 3.05) is 18.8 Å². The van der Waals surface area contributed by atoms with E-state index in [0.717, 1.165) is 0 Å². The third-order valence-electron chi connectivity index (χ3n) is 3.33. The van der Waals surface area contributed by atoms with Crippen molar-refractivity contribution in [2.24, 2.45) is 7.05 Å². The summed E-state index contributed by atoms with van der Waals surface area (Å²) in [7, 11) is 1.63. The predicted molar refractivity (Wildman–Crippen MR) is 92.6 cm³/mol. The normalized spacial score (nSPS) is 10.3. The van der Waals surface area contributed by atoms with E-state index in [0.29, 0.717) is 28.5 Å². The Morgan fingerprint density at radius 1 is 1.38 bits per heavy atom. The maximum atomic E-state index is 12.3. The molecule has 2 aromatic rings. The Kier molecular flexibility index (Phi) is 6.36. The number of rotatable bonds is 7. The van der Waals surface area contributed by atoms with E-state index < -0.39 is 0 Å². The molecule has 0 saturated carbocycles. The fourth-order valence-corrected chi connectivity index (χ4v) is 3.74. The van der Waals surface area contributed by atoms with Crippen molar-refractivity contribution in [3.05, 3.63) is 21.8 Å². The lowest BCUT2D eigenvalue weighted by molar-refractivity contribution is -0.128. The number of nitriles is 2. The minimum atomic E-state index is -0.175. The van der Waals surface area contributed by atoms with Gasteiger partial charge in [0.2, 0.25) is 5.91 Å². The number of thiophene rings is 1. The molecule has 2 rings (SSSR count). The topological polar surface area (TPSA) is 103 Å². The third-order valence-corrected chi connectivity index (χ3v) is 5.15. The highest BCUT2D eigenvalue weighted by atomic mass is 32.2. The van der Waals surface area contributed by atoms with Crippen LogP contribution in [0.4, 0.5) is 0 Å². The van der Waals surface area contributed by atoms with Crippen LogP contribution >= 0.6 is 23.1 Å². The smallest absolute Gasteiger partial charge is 0.262 e. The lowest BCUT2D eigenvalue weighted by atomic mass is 10.3. The van der Waals surface area contributed by atoms with Gasteiger partial charge in [-0.1, -0.05) is 11.8 Å². The van der Waals surface area contributed by atoms with E-state index in [-0.39, 0.29) is 30.1 Å². The number of amides is 1. The maximum absolute atomic E-state index is 12.3. The Morgan fingerprint density at radius 2 is 2.04 bits per heavy atom. The third kappa shape index (κ3) is 4.13. The van der Waals surface area contributed by atoms with Gasteiger partial charge < -0.3 is 4.90 Å². The fraction of sp³-hybridized carbons (Fsp3) is 0.400. The molecule has 0 atom stereocenters. The van der Waals surface area contributed by atoms with Gasteiger partial charge in [-0.25, -0.2) is 4.98 Å². The molecule has 0 bridgehead atoms. The molecule has 0 aromatic carbocycles. The van der Waals surface area contributed by atoms with E-state index >= 15 is 0 Å². The van der Waals surface area contributed by atoms with Gasteiger partial charge in [-0.3, -0.25) is 14.2 Å². The van der Waals surface area contributed by atoms with E-state index in [2.05, 4.69) is 4.98 Å². The monoisotopic (exact) mass is 361 g/mol. The average molecular weight is 361 g/mol. The van der Waals surface area contributed by atoms with Crippen LogP contribution in [0, 0.1) is 22.7 Å². The molecule has 0 saturated heterocycles. The first-order chi connectivity index (χ1) is 11.6. The predicted octanol–water partition coefficient (Wildman–Crippen LogP) is 1.74. The summed E-state index contributed by atoms with van der Waals surface area (Å²) in [5.41, 5.74) is -0.137. The molecular formula is C15H15N5O2S2. The van der Waals surface area contributed by atoms with Crippen LogP contribution in [-0.4, -0.2) is 39.2 Å². The Bertz CT molecular complexity index is 857. The quantitative estimate of drug-likeness (QED) is 0.550. The number of thioether (sulfide) groups is 1. The molecule has 0 N–H and O–H groups in total. The molecule has 0 aliphatic carbocycles. The van der Waals surface area contributed by atoms with Gasteiger partial charge in [-0.15, -0.1) is 11.3 Å². The van der Waals surface area contributed by atoms with Crippen LogP contribution in [0.5, 0.6) is 0 Å². The molecule has 9 heteroatoms. The minimum absolute atomic E-state index is 0.105. The molecule has 0 spiro atoms. The fourth-order valence-electron chi connectivity index (χ4n) is 2.06. The maximum Gasteiger partial charge on any atom is 0.262 e. The van der Waals surface area contributed by atoms with Crippen molar-refractivity contribution >= 4 is 39.2 Å². The number of hydrogen-bond donors (Lipinski definition) is 0. The standard InChI is InChI=1S/C15H15N5O2S2/c1-19-14(22)11-4-9-23-13(11)18-15(19)24-10-12(21)20(7-2-5-16)8-3-6-17/h4,9H,2-3,7-8,10H2,1H3. The summed E-state index contributed by atoms with van der Waals surface area (Å²) in [6.07, 6.45) is 0.444. The highest BCUT2D eigenvalue weighted by molar-refractivity contribution is 7.99. The number of fused-ring (bicyclic) bond motifs is 1. The second-order valence-electron chi connectivity index (χ2n) is 4.88. The molecule has 0 unspecified atom stereocenters. The molecule has 0 radical (unpaired) electrons. The first-order valence-corrected chi connectivity index (χ1v) is 9.03. The van der Waals surface area contributed by atoms with Crippen molar-refractivity contribution < 1.29 is 4.79 Å². The Labute approximate surface area is 147 Å². The molecule has 124 valence electrons. The number of hydrogen-bond acceptors (Lipinski definition) is 7. The van der Waals surface area contributed by atoms with Gasteiger partial charge in [0.1, 0.15) is 4.83 Å². The van der Waals surface area contributed by atoms with Crippen molar-refractivity contribution in [2.45, 2.75) is 18.0 Å². The second kappa shape index (κ2) is 8.48. The van der Waals surface area contributed by atoms with Crippen molar-refractivity contribution in [3.63, 3.8) is 0 Å². The summed E-state index contributed by atoms with van der Waals surface area (Å²) in [4.78, 5) is 31.1. The van der Waals surface area contributed by atoms with E-state index in [9.17, 15) is 9.59 Å². The van der Waals surface area contributed by atoms with Gasteiger partial charge in [0.15, 0.2) is 5.16 Å². The molecule has 0 fully saturated rings. The largest absolute Gasteiger partial charge is 0.340 e. The SMILES string of the molecule is Cn1c(SCC(=O)N(CCC#N)CCC#N)nc2sccc2c1=O. The van der Waals surface area contributed by atoms with Gasteiger partial charge in [0, 0.05) is 20.1 Å². The van der Waals surface area contributed by atoms with Gasteiger partial charge in [-0.05, 0) is 11.4 Å². The number of carbonyl (C=O) groups excluding carboxylic acids is 1. The number of aromatic nitrogens is 2. The van der Waals surface area contributed by atoms with Gasteiger partial charge in [-0.2, -0.15) is 10.5 Å². The van der Waals surface area contributed by atoms with Crippen LogP contribution in [-0.2, 0) is 11.8 Å². The summed E-state index contributed by atoms with van der Waals surface area (Å²) < 4.78 is 1.43. The van der Waals surface area contributed by atoms with Crippen molar-refractivity contribution in [3.8, 4) is 12.1 Å². The van der Waals surface area contributed by atoms with Crippen LogP contribution in [0.3, 0.4) is 0 Å². The summed E-state index contributed by atoms with van der Waals surface area (Å²) in [6.45, 7) is 0.599. The molecule has 1 amide bonds. The molecular weight excluding hydrogens is 346 g/mol. The van der Waals surface area contributed by atoms with E-state index in [1.54, 1.807) is 13.1 Å². The lowest BCUT2D eigenvalue weighted by Crippen LogP contribution is -2.34. The number of carbonyl (C=O) groups is 1. The molecule has 2 aromatic heterocycles. The first kappa shape index (κ1) is 18.0. The second-order valence-corrected chi connectivity index (χ2v) is 6.72. The summed E-state index contributed by atoms with van der Waals surface area (Å²) >= 11 is 2.57. The van der Waals surface area contributed by atoms with E-state index in [1.165, 1.54) is 32.6 Å². The summed E-state index contributed by atoms with van der Waals surface area (Å²) in [6, 6.07) is 5.73. The van der Waals surface area contributed by atoms with Crippen LogP contribution in [0.2, 0.25) is 0 Å². The Balaban J connectivity index is 2.09. The highest BCUT2D eigenvalue weighted by Crippen LogP contribution is 2.20. The molecule has 0 aliphatic heterocycles. The summed E-state index contributed by atoms with van der Waals surface area (Å²) in [5, 5.41) is 20.2. The minimum Gasteiger partial charge on any atom is -0.340 e. The van der Waals surface area contributed by atoms with Crippen LogP contribution in [0.15, 0.2) is 21.4 Å². The van der Waals surface area contributed by atoms with Crippen LogP contribution in [0.25, 0.3) is 10.2 Å². The van der Waals surface area contributed by atoms with E-state index in [1.807, 2.05) is 17.5 Å². The first-order valence-electron chi connectivity index (χ1n) is 7.17. The zero-order chi connectivity index (χ0) is 17.5. The zero-order valence-electron chi connectivity index (χ0n) is 13.1. The molecule has 2 heterocycles. The van der Waals surface area contributed by atoms with Gasteiger partial charge in [0.05, 0.1) is 36.1 Å². The lowest BCUT2D eigenvalue weighted by Gasteiger charge is -2.20. The molecule has 0 aliphatic rings. The number of nitrogens with zero attached hydrogens (tertiary/aromatic N) is 5. The van der Waals surface area contributed by atoms with Gasteiger partial charge in [0.25, 0.3) is 5.56 Å². The average Bonchev–Trinajstić information content (AvgIpc) is 3.05. The van der Waals surface area contributed by atoms with Crippen molar-refractivity contribution in [1.82, 2.24) is 14.5 Å². The summed E-state index contributed by atoms with van der Waals surface area (Å²) in [5.74, 6) is -0.0698. The Hall–Kier alpha value is -2.36. The van der Waals surface area contributed by atoms with Crippen LogP contribution < -0.4 is 5.56 Å². The molecule has 24 heavy (non-hydrogen) atoms. The van der Waals surface area contributed by atoms with Crippen LogP contribution in [0.1, 0.15) is 12.8 Å². The Morgan fingerprint density at radius 3 is 2.67 bits per heavy atom. The van der Waals surface area contributed by atoms with E-state index in [4.69, 9.17) is 10.5 Å². The molecule has 7 nitrogen and oxygen atoms in total.